The van der Waals surface area contributed by atoms with Crippen molar-refractivity contribution in [3.63, 3.8) is 0 Å². The summed E-state index contributed by atoms with van der Waals surface area (Å²) >= 11 is -1.37. The van der Waals surface area contributed by atoms with Crippen LogP contribution in [0.4, 0.5) is 30.7 Å². The van der Waals surface area contributed by atoms with E-state index in [0.29, 0.717) is 0 Å². The molecule has 0 nitrogen and oxygen atoms in total. The minimum atomic E-state index is -2.27. The summed E-state index contributed by atoms with van der Waals surface area (Å²) in [5.74, 6) is -14.3. The van der Waals surface area contributed by atoms with Crippen molar-refractivity contribution in [1.29, 1.82) is 0 Å². The van der Waals surface area contributed by atoms with Gasteiger partial charge < -0.3 is 0 Å². The van der Waals surface area contributed by atoms with Crippen LogP contribution in [0.25, 0.3) is 10.8 Å². The Labute approximate surface area is 112 Å². The van der Waals surface area contributed by atoms with Crippen molar-refractivity contribution in [2.75, 3.05) is 4.93 Å². The van der Waals surface area contributed by atoms with Crippen LogP contribution >= 0.6 is 0 Å². The van der Waals surface area contributed by atoms with Crippen LogP contribution in [0.15, 0.2) is 0 Å². The van der Waals surface area contributed by atoms with E-state index < -0.39 is 76.3 Å². The molecule has 0 atom stereocenters. The Morgan fingerprint density at radius 1 is 0.526 bits per heavy atom. The summed E-state index contributed by atoms with van der Waals surface area (Å²) in [6, 6.07) is 0. The molecule has 0 spiro atoms. The average Bonchev–Trinajstić information content (AvgIpc) is 2.40. The van der Waals surface area contributed by atoms with E-state index in [-0.39, 0.29) is 0 Å². The Morgan fingerprint density at radius 3 is 1.32 bits per heavy atom. The third kappa shape index (κ3) is 1.87. The standard InChI is InChI=1S/C11H3F7I/c1-19-11-3-2(5(13)9(17)10(11)18)4(12)7(15)8(16)6(3)14/h1H3/q-1. The van der Waals surface area contributed by atoms with Gasteiger partial charge in [0, 0.05) is 0 Å². The first-order valence-electron chi connectivity index (χ1n) is 4.64. The quantitative estimate of drug-likeness (QED) is 0.220. The number of hydrogen-bond acceptors (Lipinski definition) is 0. The molecule has 0 fully saturated rings. The number of alkyl halides is 1. The fourth-order valence-corrected chi connectivity index (χ4v) is 3.39. The maximum absolute atomic E-state index is 13.6. The van der Waals surface area contributed by atoms with Gasteiger partial charge in [0.15, 0.2) is 0 Å². The molecule has 0 bridgehead atoms. The van der Waals surface area contributed by atoms with E-state index in [2.05, 4.69) is 0 Å². The Kier molecular flexibility index (Phi) is 3.63. The van der Waals surface area contributed by atoms with Crippen molar-refractivity contribution in [3.05, 3.63) is 44.3 Å². The van der Waals surface area contributed by atoms with E-state index >= 15 is 0 Å². The number of rotatable bonds is 1. The van der Waals surface area contributed by atoms with Gasteiger partial charge in [-0.15, -0.1) is 0 Å². The summed E-state index contributed by atoms with van der Waals surface area (Å²) in [6.07, 6.45) is 0. The predicted molar refractivity (Wildman–Crippen MR) is 48.3 cm³/mol. The average molecular weight is 395 g/mol. The molecule has 0 aliphatic heterocycles. The molecule has 0 aromatic heterocycles. The molecule has 0 unspecified atom stereocenters. The monoisotopic (exact) mass is 395 g/mol. The Hall–Kier alpha value is -1.06. The van der Waals surface area contributed by atoms with Crippen molar-refractivity contribution in [2.24, 2.45) is 0 Å². The molecule has 2 rings (SSSR count). The second-order valence-corrected chi connectivity index (χ2v) is 5.61. The molecule has 0 amide bonds. The number of benzene rings is 2. The fourth-order valence-electron chi connectivity index (χ4n) is 1.63. The number of halogens is 8. The van der Waals surface area contributed by atoms with E-state index in [1.54, 1.807) is 0 Å². The van der Waals surface area contributed by atoms with Gasteiger partial charge in [-0.25, -0.2) is 0 Å². The van der Waals surface area contributed by atoms with E-state index in [1.807, 2.05) is 0 Å². The van der Waals surface area contributed by atoms with E-state index in [4.69, 9.17) is 0 Å². The predicted octanol–water partition coefficient (Wildman–Crippen LogP) is 0.702. The zero-order chi connectivity index (χ0) is 14.5. The molecule has 0 saturated carbocycles. The summed E-state index contributed by atoms with van der Waals surface area (Å²) in [5, 5.41) is -2.49. The van der Waals surface area contributed by atoms with Gasteiger partial charge in [0.2, 0.25) is 0 Å². The van der Waals surface area contributed by atoms with Gasteiger partial charge in [0.25, 0.3) is 0 Å². The Balaban J connectivity index is 3.21. The molecular weight excluding hydrogens is 392 g/mol. The minimum absolute atomic E-state index is 0.650. The van der Waals surface area contributed by atoms with Crippen LogP contribution in [-0.2, 0) is 0 Å². The van der Waals surface area contributed by atoms with Crippen molar-refractivity contribution < 1.29 is 51.9 Å². The van der Waals surface area contributed by atoms with Gasteiger partial charge in [-0.2, -0.15) is 0 Å². The molecule has 2 aromatic rings. The summed E-state index contributed by atoms with van der Waals surface area (Å²) in [4.78, 5) is 1.35. The van der Waals surface area contributed by atoms with Crippen LogP contribution in [-0.4, -0.2) is 4.93 Å². The summed E-state index contributed by atoms with van der Waals surface area (Å²) < 4.78 is 92.5. The normalized spacial score (nSPS) is 11.6. The first-order valence-corrected chi connectivity index (χ1v) is 7.88. The Bertz CT molecular complexity index is 688. The Morgan fingerprint density at radius 2 is 0.895 bits per heavy atom. The van der Waals surface area contributed by atoms with Gasteiger partial charge in [-0.05, 0) is 0 Å². The van der Waals surface area contributed by atoms with Crippen LogP contribution < -0.4 is 21.2 Å². The molecule has 0 saturated heterocycles. The van der Waals surface area contributed by atoms with Crippen LogP contribution in [0.2, 0.25) is 0 Å². The molecule has 2 aromatic carbocycles. The van der Waals surface area contributed by atoms with Crippen molar-refractivity contribution >= 4 is 10.8 Å². The van der Waals surface area contributed by atoms with Gasteiger partial charge in [0.05, 0.1) is 0 Å². The van der Waals surface area contributed by atoms with Gasteiger partial charge in [0.1, 0.15) is 0 Å². The van der Waals surface area contributed by atoms with E-state index in [9.17, 15) is 30.7 Å². The molecule has 0 aliphatic rings. The van der Waals surface area contributed by atoms with Crippen molar-refractivity contribution in [2.45, 2.75) is 0 Å². The van der Waals surface area contributed by atoms with E-state index in [0.717, 1.165) is 0 Å². The molecule has 0 N–H and O–H groups in total. The first-order chi connectivity index (χ1) is 8.82. The SMILES string of the molecule is C[I-]c1c(F)c(F)c(F)c2c(F)c(F)c(F)c(F)c12. The van der Waals surface area contributed by atoms with Crippen LogP contribution in [0, 0.1) is 44.3 Å². The third-order valence-corrected chi connectivity index (χ3v) is 4.56. The second kappa shape index (κ2) is 4.80. The van der Waals surface area contributed by atoms with Gasteiger partial charge in [-0.3, -0.25) is 0 Å². The fraction of sp³-hybridized carbons (Fsp3) is 0.0909. The third-order valence-electron chi connectivity index (χ3n) is 2.47. The van der Waals surface area contributed by atoms with Gasteiger partial charge in [-0.1, -0.05) is 0 Å². The molecule has 0 radical (unpaired) electrons. The van der Waals surface area contributed by atoms with Crippen molar-refractivity contribution in [1.82, 2.24) is 0 Å². The van der Waals surface area contributed by atoms with Crippen LogP contribution in [0.5, 0.6) is 0 Å². The number of fused-ring (bicyclic) bond motifs is 1. The molecule has 19 heavy (non-hydrogen) atoms. The topological polar surface area (TPSA) is 0 Å². The summed E-state index contributed by atoms with van der Waals surface area (Å²) in [6.45, 7) is 0. The molecule has 104 valence electrons. The second-order valence-electron chi connectivity index (χ2n) is 3.45. The molecular formula is C11H3F7I-. The van der Waals surface area contributed by atoms with Crippen LogP contribution in [0.3, 0.4) is 0 Å². The summed E-state index contributed by atoms with van der Waals surface area (Å²) in [5.41, 5.74) is 0. The summed E-state index contributed by atoms with van der Waals surface area (Å²) in [7, 11) is 0. The van der Waals surface area contributed by atoms with Crippen molar-refractivity contribution in [3.8, 4) is 0 Å². The maximum atomic E-state index is 13.6. The molecule has 0 heterocycles. The van der Waals surface area contributed by atoms with E-state index in [1.165, 1.54) is 4.93 Å². The number of hydrogen-bond donors (Lipinski definition) is 0. The zero-order valence-electron chi connectivity index (χ0n) is 9.02. The first kappa shape index (κ1) is 14.4. The molecule has 8 heteroatoms. The van der Waals surface area contributed by atoms with Gasteiger partial charge >= 0.3 is 112 Å². The molecule has 0 aliphatic carbocycles. The van der Waals surface area contributed by atoms with Crippen LogP contribution in [0.1, 0.15) is 0 Å². The zero-order valence-corrected chi connectivity index (χ0v) is 11.2.